The van der Waals surface area contributed by atoms with Gasteiger partial charge in [0.05, 0.1) is 13.1 Å². The van der Waals surface area contributed by atoms with Gasteiger partial charge in [0, 0.05) is 42.8 Å². The van der Waals surface area contributed by atoms with Crippen LogP contribution in [-0.4, -0.2) is 59.6 Å². The van der Waals surface area contributed by atoms with Gasteiger partial charge in [0.15, 0.2) is 0 Å². The lowest BCUT2D eigenvalue weighted by molar-refractivity contribution is -0.123. The minimum atomic E-state index is -0.525. The standard InChI is InChI=1S/C18H21N5O3/c24-16-5-6-21(18(26)20-16)22-10-11-7-12(3-4-15(11)17(22)25)23-13-1-2-14(23)9-19-8-13/h3-4,7,13-14,19H,1-2,5-6,8-10H2,(H,20,24,26). The number of fused-ring (bicyclic) bond motifs is 3. The molecule has 26 heavy (non-hydrogen) atoms. The van der Waals surface area contributed by atoms with Crippen molar-refractivity contribution in [3.8, 4) is 0 Å². The quantitative estimate of drug-likeness (QED) is 0.804. The normalized spacial score (nSPS) is 27.8. The number of rotatable bonds is 2. The molecule has 2 unspecified atom stereocenters. The van der Waals surface area contributed by atoms with Gasteiger partial charge in [-0.3, -0.25) is 14.9 Å². The molecule has 8 heteroatoms. The van der Waals surface area contributed by atoms with Crippen molar-refractivity contribution in [2.75, 3.05) is 24.5 Å². The lowest BCUT2D eigenvalue weighted by Crippen LogP contribution is -2.56. The number of nitrogens with one attached hydrogen (secondary N) is 2. The van der Waals surface area contributed by atoms with Gasteiger partial charge >= 0.3 is 6.03 Å². The highest BCUT2D eigenvalue weighted by atomic mass is 16.2. The van der Waals surface area contributed by atoms with Crippen molar-refractivity contribution in [1.82, 2.24) is 20.7 Å². The molecule has 0 radical (unpaired) electrons. The summed E-state index contributed by atoms with van der Waals surface area (Å²) in [5.74, 6) is -0.480. The first-order valence-corrected chi connectivity index (χ1v) is 9.17. The molecule has 0 saturated carbocycles. The number of benzene rings is 1. The Bertz CT molecular complexity index is 794. The molecule has 8 nitrogen and oxygen atoms in total. The SMILES string of the molecule is O=C1CCN(N2Cc3cc(N4C5CCC4CNC5)ccc3C2=O)C(=O)N1. The Morgan fingerprint density at radius 1 is 1.00 bits per heavy atom. The van der Waals surface area contributed by atoms with E-state index in [1.165, 1.54) is 22.9 Å². The van der Waals surface area contributed by atoms with Crippen LogP contribution >= 0.6 is 0 Å². The van der Waals surface area contributed by atoms with Gasteiger partial charge in [-0.2, -0.15) is 0 Å². The first-order chi connectivity index (χ1) is 12.6. The molecule has 5 rings (SSSR count). The third-order valence-corrected chi connectivity index (χ3v) is 5.87. The zero-order chi connectivity index (χ0) is 17.8. The number of hydrazine groups is 1. The molecule has 0 aromatic heterocycles. The van der Waals surface area contributed by atoms with Crippen LogP contribution < -0.4 is 15.5 Å². The van der Waals surface area contributed by atoms with Crippen molar-refractivity contribution in [2.45, 2.75) is 37.9 Å². The van der Waals surface area contributed by atoms with Crippen LogP contribution in [0.3, 0.4) is 0 Å². The zero-order valence-corrected chi connectivity index (χ0v) is 14.4. The van der Waals surface area contributed by atoms with Gasteiger partial charge in [0.1, 0.15) is 0 Å². The zero-order valence-electron chi connectivity index (χ0n) is 14.4. The van der Waals surface area contributed by atoms with Crippen LogP contribution in [0.1, 0.15) is 35.2 Å². The van der Waals surface area contributed by atoms with E-state index in [1.807, 2.05) is 12.1 Å². The monoisotopic (exact) mass is 355 g/mol. The van der Waals surface area contributed by atoms with Crippen molar-refractivity contribution < 1.29 is 14.4 Å². The molecule has 4 aliphatic heterocycles. The van der Waals surface area contributed by atoms with E-state index in [0.29, 0.717) is 24.2 Å². The number of urea groups is 1. The number of carbonyl (C=O) groups is 3. The maximum absolute atomic E-state index is 12.7. The maximum Gasteiger partial charge on any atom is 0.342 e. The van der Waals surface area contributed by atoms with Crippen LogP contribution in [0.4, 0.5) is 10.5 Å². The van der Waals surface area contributed by atoms with E-state index in [-0.39, 0.29) is 24.8 Å². The Labute approximate surface area is 151 Å². The first kappa shape index (κ1) is 15.6. The van der Waals surface area contributed by atoms with Gasteiger partial charge in [-0.1, -0.05) is 0 Å². The molecule has 4 aliphatic rings. The molecule has 2 N–H and O–H groups in total. The molecule has 4 heterocycles. The highest BCUT2D eigenvalue weighted by Gasteiger charge is 2.39. The summed E-state index contributed by atoms with van der Waals surface area (Å²) >= 11 is 0. The summed E-state index contributed by atoms with van der Waals surface area (Å²) in [7, 11) is 0. The second kappa shape index (κ2) is 5.70. The molecule has 3 fully saturated rings. The lowest BCUT2D eigenvalue weighted by atomic mass is 10.1. The van der Waals surface area contributed by atoms with Crippen molar-refractivity contribution in [3.05, 3.63) is 29.3 Å². The van der Waals surface area contributed by atoms with Gasteiger partial charge in [-0.15, -0.1) is 0 Å². The molecule has 1 aromatic rings. The third-order valence-electron chi connectivity index (χ3n) is 5.87. The molecule has 2 bridgehead atoms. The molecular formula is C18H21N5O3. The predicted octanol–water partition coefficient (Wildman–Crippen LogP) is 0.440. The number of hydrogen-bond acceptors (Lipinski definition) is 5. The van der Waals surface area contributed by atoms with Gasteiger partial charge in [-0.05, 0) is 36.6 Å². The maximum atomic E-state index is 12.7. The van der Waals surface area contributed by atoms with E-state index in [2.05, 4.69) is 21.6 Å². The van der Waals surface area contributed by atoms with Crippen LogP contribution in [0.15, 0.2) is 18.2 Å². The van der Waals surface area contributed by atoms with E-state index in [1.54, 1.807) is 0 Å². The smallest absolute Gasteiger partial charge is 0.342 e. The summed E-state index contributed by atoms with van der Waals surface area (Å²) in [6.45, 7) is 2.60. The van der Waals surface area contributed by atoms with E-state index in [0.717, 1.165) is 24.3 Å². The highest BCUT2D eigenvalue weighted by molar-refractivity contribution is 6.02. The Morgan fingerprint density at radius 3 is 2.50 bits per heavy atom. The number of carbonyl (C=O) groups excluding carboxylic acids is 3. The van der Waals surface area contributed by atoms with E-state index in [9.17, 15) is 14.4 Å². The van der Waals surface area contributed by atoms with Gasteiger partial charge in [0.2, 0.25) is 5.91 Å². The van der Waals surface area contributed by atoms with Gasteiger partial charge < -0.3 is 10.2 Å². The number of amides is 4. The van der Waals surface area contributed by atoms with Crippen molar-refractivity contribution in [3.63, 3.8) is 0 Å². The lowest BCUT2D eigenvalue weighted by Gasteiger charge is -2.37. The molecule has 3 saturated heterocycles. The molecule has 2 atom stereocenters. The number of hydrogen-bond donors (Lipinski definition) is 2. The van der Waals surface area contributed by atoms with Crippen LogP contribution in [0.5, 0.6) is 0 Å². The van der Waals surface area contributed by atoms with Gasteiger partial charge in [-0.25, -0.2) is 14.8 Å². The van der Waals surface area contributed by atoms with E-state index in [4.69, 9.17) is 0 Å². The minimum absolute atomic E-state index is 0.181. The number of anilines is 1. The van der Waals surface area contributed by atoms with Crippen molar-refractivity contribution >= 4 is 23.5 Å². The molecular weight excluding hydrogens is 334 g/mol. The molecule has 136 valence electrons. The molecule has 0 aliphatic carbocycles. The first-order valence-electron chi connectivity index (χ1n) is 9.17. The fourth-order valence-corrected chi connectivity index (χ4v) is 4.63. The Kier molecular flexibility index (Phi) is 3.43. The largest absolute Gasteiger partial charge is 0.363 e. The molecule has 1 aromatic carbocycles. The Morgan fingerprint density at radius 2 is 1.77 bits per heavy atom. The predicted molar refractivity (Wildman–Crippen MR) is 93.3 cm³/mol. The van der Waals surface area contributed by atoms with Gasteiger partial charge in [0.25, 0.3) is 5.91 Å². The second-order valence-electron chi connectivity index (χ2n) is 7.38. The summed E-state index contributed by atoms with van der Waals surface area (Å²) in [6, 6.07) is 6.50. The molecule has 4 amide bonds. The van der Waals surface area contributed by atoms with Crippen LogP contribution in [0.2, 0.25) is 0 Å². The second-order valence-corrected chi connectivity index (χ2v) is 7.38. The Balaban J connectivity index is 1.41. The summed E-state index contributed by atoms with van der Waals surface area (Å²) in [5, 5.41) is 8.55. The minimum Gasteiger partial charge on any atom is -0.363 e. The summed E-state index contributed by atoms with van der Waals surface area (Å²) < 4.78 is 0. The van der Waals surface area contributed by atoms with Crippen LogP contribution in [-0.2, 0) is 11.3 Å². The van der Waals surface area contributed by atoms with E-state index >= 15 is 0 Å². The van der Waals surface area contributed by atoms with Crippen LogP contribution in [0.25, 0.3) is 0 Å². The highest BCUT2D eigenvalue weighted by Crippen LogP contribution is 2.35. The van der Waals surface area contributed by atoms with Crippen LogP contribution in [0, 0.1) is 0 Å². The summed E-state index contributed by atoms with van der Waals surface area (Å²) in [5.41, 5.74) is 2.74. The average molecular weight is 355 g/mol. The topological polar surface area (TPSA) is 85.0 Å². The number of piperazine rings is 1. The number of imide groups is 1. The van der Waals surface area contributed by atoms with Crippen molar-refractivity contribution in [2.24, 2.45) is 0 Å². The van der Waals surface area contributed by atoms with E-state index < -0.39 is 6.03 Å². The fourth-order valence-electron chi connectivity index (χ4n) is 4.63. The summed E-state index contributed by atoms with van der Waals surface area (Å²) in [4.78, 5) is 38.7. The molecule has 0 spiro atoms. The number of nitrogens with zero attached hydrogens (tertiary/aromatic N) is 3. The van der Waals surface area contributed by atoms with Crippen molar-refractivity contribution in [1.29, 1.82) is 0 Å². The fraction of sp³-hybridized carbons (Fsp3) is 0.500. The Hall–Kier alpha value is -2.61. The third kappa shape index (κ3) is 2.28. The average Bonchev–Trinajstić information content (AvgIpc) is 3.08. The summed E-state index contributed by atoms with van der Waals surface area (Å²) in [6.07, 6.45) is 2.60.